The molecular weight excluding hydrogens is 285 g/mol. The van der Waals surface area contributed by atoms with Crippen LogP contribution in [0.25, 0.3) is 0 Å². The Hall–Kier alpha value is -1.41. The smallest absolute Gasteiger partial charge is 0.356 e. The lowest BCUT2D eigenvalue weighted by atomic mass is 10.1. The molecule has 21 heavy (non-hydrogen) atoms. The van der Waals surface area contributed by atoms with Crippen LogP contribution in [0.5, 0.6) is 0 Å². The molecule has 1 aliphatic heterocycles. The predicted octanol–water partition coefficient (Wildman–Crippen LogP) is 2.06. The molecule has 0 bridgehead atoms. The number of hydrogen-bond donors (Lipinski definition) is 1. The summed E-state index contributed by atoms with van der Waals surface area (Å²) in [5, 5.41) is 0. The van der Waals surface area contributed by atoms with Crippen molar-refractivity contribution in [3.63, 3.8) is 0 Å². The summed E-state index contributed by atoms with van der Waals surface area (Å²) in [5.74, 6) is 1.30. The van der Waals surface area contributed by atoms with E-state index in [0.717, 1.165) is 17.1 Å². The molecule has 0 saturated carbocycles. The van der Waals surface area contributed by atoms with Gasteiger partial charge in [-0.15, -0.1) is 13.2 Å². The van der Waals surface area contributed by atoms with Gasteiger partial charge in [0.15, 0.2) is 0 Å². The van der Waals surface area contributed by atoms with E-state index in [9.17, 15) is 13.2 Å². The molecule has 5 nitrogen and oxygen atoms in total. The van der Waals surface area contributed by atoms with Crippen molar-refractivity contribution < 1.29 is 17.9 Å². The minimum atomic E-state index is -4.57. The number of rotatable bonds is 3. The maximum atomic E-state index is 12.2. The summed E-state index contributed by atoms with van der Waals surface area (Å²) in [5.41, 5.74) is 7.34. The second-order valence-corrected chi connectivity index (χ2v) is 5.13. The summed E-state index contributed by atoms with van der Waals surface area (Å²) in [4.78, 5) is 10.6. The number of piperidine rings is 1. The number of aromatic nitrogens is 2. The predicted molar refractivity (Wildman–Crippen MR) is 71.8 cm³/mol. The van der Waals surface area contributed by atoms with Crippen molar-refractivity contribution in [1.82, 2.24) is 9.97 Å². The van der Waals surface area contributed by atoms with Crippen LogP contribution in [0.2, 0.25) is 0 Å². The molecule has 1 fully saturated rings. The zero-order valence-electron chi connectivity index (χ0n) is 12.1. The van der Waals surface area contributed by atoms with Crippen LogP contribution in [0.15, 0.2) is 0 Å². The zero-order chi connectivity index (χ0) is 15.6. The lowest BCUT2D eigenvalue weighted by molar-refractivity contribution is -0.344. The molecule has 0 amide bonds. The van der Waals surface area contributed by atoms with E-state index in [1.54, 1.807) is 0 Å². The number of alkyl halides is 3. The SMILES string of the molecule is Cc1nc(CN)nc(N2CCC(OC(F)(F)F)CC2)c1C. The molecule has 1 saturated heterocycles. The third-order valence-electron chi connectivity index (χ3n) is 3.63. The number of aryl methyl sites for hydroxylation is 1. The summed E-state index contributed by atoms with van der Waals surface area (Å²) < 4.78 is 40.7. The second kappa shape index (κ2) is 6.15. The van der Waals surface area contributed by atoms with Crippen molar-refractivity contribution in [2.24, 2.45) is 5.73 Å². The summed E-state index contributed by atoms with van der Waals surface area (Å²) >= 11 is 0. The summed E-state index contributed by atoms with van der Waals surface area (Å²) in [6, 6.07) is 0. The van der Waals surface area contributed by atoms with Gasteiger partial charge in [0.2, 0.25) is 0 Å². The highest BCUT2D eigenvalue weighted by Crippen LogP contribution is 2.28. The van der Waals surface area contributed by atoms with Crippen molar-refractivity contribution in [3.8, 4) is 0 Å². The van der Waals surface area contributed by atoms with Crippen LogP contribution in [-0.4, -0.2) is 35.5 Å². The summed E-state index contributed by atoms with van der Waals surface area (Å²) in [6.45, 7) is 4.97. The molecular formula is C13H19F3N4O. The van der Waals surface area contributed by atoms with Gasteiger partial charge in [-0.3, -0.25) is 4.74 Å². The van der Waals surface area contributed by atoms with Crippen LogP contribution in [-0.2, 0) is 11.3 Å². The standard InChI is InChI=1S/C13H19F3N4O/c1-8-9(2)18-11(7-17)19-12(8)20-5-3-10(4-6-20)21-13(14,15)16/h10H,3-7,17H2,1-2H3. The van der Waals surface area contributed by atoms with Crippen molar-refractivity contribution in [3.05, 3.63) is 17.1 Å². The summed E-state index contributed by atoms with van der Waals surface area (Å²) in [7, 11) is 0. The van der Waals surface area contributed by atoms with Crippen molar-refractivity contribution in [2.75, 3.05) is 18.0 Å². The monoisotopic (exact) mass is 304 g/mol. The van der Waals surface area contributed by atoms with E-state index in [-0.39, 0.29) is 6.54 Å². The van der Waals surface area contributed by atoms with Gasteiger partial charge >= 0.3 is 6.36 Å². The molecule has 2 rings (SSSR count). The highest BCUT2D eigenvalue weighted by molar-refractivity contribution is 5.48. The lowest BCUT2D eigenvalue weighted by Crippen LogP contribution is -2.40. The number of anilines is 1. The Balaban J connectivity index is 2.07. The van der Waals surface area contributed by atoms with Gasteiger partial charge in [0.05, 0.1) is 12.6 Å². The quantitative estimate of drug-likeness (QED) is 0.926. The minimum absolute atomic E-state index is 0.238. The Kier molecular flexibility index (Phi) is 4.67. The fourth-order valence-corrected chi connectivity index (χ4v) is 2.44. The molecule has 0 unspecified atom stereocenters. The van der Waals surface area contributed by atoms with Crippen LogP contribution in [0.4, 0.5) is 19.0 Å². The number of nitrogens with zero attached hydrogens (tertiary/aromatic N) is 3. The zero-order valence-corrected chi connectivity index (χ0v) is 12.1. The van der Waals surface area contributed by atoms with Crippen LogP contribution < -0.4 is 10.6 Å². The van der Waals surface area contributed by atoms with E-state index in [1.165, 1.54) is 0 Å². The van der Waals surface area contributed by atoms with Gasteiger partial charge in [-0.1, -0.05) is 0 Å². The van der Waals surface area contributed by atoms with Gasteiger partial charge < -0.3 is 10.6 Å². The van der Waals surface area contributed by atoms with E-state index in [1.807, 2.05) is 18.7 Å². The van der Waals surface area contributed by atoms with E-state index in [2.05, 4.69) is 14.7 Å². The van der Waals surface area contributed by atoms with E-state index >= 15 is 0 Å². The Labute approximate surface area is 121 Å². The first-order valence-electron chi connectivity index (χ1n) is 6.84. The van der Waals surface area contributed by atoms with Crippen molar-refractivity contribution in [1.29, 1.82) is 0 Å². The molecule has 0 atom stereocenters. The molecule has 118 valence electrons. The molecule has 0 radical (unpaired) electrons. The van der Waals surface area contributed by atoms with Gasteiger partial charge in [-0.25, -0.2) is 9.97 Å². The van der Waals surface area contributed by atoms with Gasteiger partial charge in [0, 0.05) is 24.3 Å². The highest BCUT2D eigenvalue weighted by atomic mass is 19.4. The second-order valence-electron chi connectivity index (χ2n) is 5.13. The first-order chi connectivity index (χ1) is 9.80. The van der Waals surface area contributed by atoms with Crippen LogP contribution in [0, 0.1) is 13.8 Å². The third-order valence-corrected chi connectivity index (χ3v) is 3.63. The molecule has 2 heterocycles. The van der Waals surface area contributed by atoms with Crippen LogP contribution in [0.1, 0.15) is 29.9 Å². The van der Waals surface area contributed by atoms with Crippen molar-refractivity contribution >= 4 is 5.82 Å². The largest absolute Gasteiger partial charge is 0.522 e. The first-order valence-corrected chi connectivity index (χ1v) is 6.84. The molecule has 8 heteroatoms. The normalized spacial score (nSPS) is 17.3. The number of hydrogen-bond acceptors (Lipinski definition) is 5. The highest BCUT2D eigenvalue weighted by Gasteiger charge is 2.35. The molecule has 0 aliphatic carbocycles. The molecule has 1 aliphatic rings. The van der Waals surface area contributed by atoms with Gasteiger partial charge in [-0.2, -0.15) is 0 Å². The Bertz CT molecular complexity index is 499. The Morgan fingerprint density at radius 2 is 1.86 bits per heavy atom. The molecule has 1 aromatic rings. The minimum Gasteiger partial charge on any atom is -0.356 e. The fraction of sp³-hybridized carbons (Fsp3) is 0.692. The van der Waals surface area contributed by atoms with Crippen molar-refractivity contribution in [2.45, 2.75) is 45.7 Å². The van der Waals surface area contributed by atoms with Gasteiger partial charge in [0.1, 0.15) is 11.6 Å². The molecule has 0 spiro atoms. The maximum Gasteiger partial charge on any atom is 0.522 e. The molecule has 1 aromatic heterocycles. The summed E-state index contributed by atoms with van der Waals surface area (Å²) in [6.07, 6.45) is -4.71. The average Bonchev–Trinajstić information content (AvgIpc) is 2.41. The van der Waals surface area contributed by atoms with E-state index in [0.29, 0.717) is 31.8 Å². The average molecular weight is 304 g/mol. The topological polar surface area (TPSA) is 64.3 Å². The maximum absolute atomic E-state index is 12.2. The lowest BCUT2D eigenvalue weighted by Gasteiger charge is -2.34. The molecule has 2 N–H and O–H groups in total. The van der Waals surface area contributed by atoms with E-state index in [4.69, 9.17) is 5.73 Å². The Morgan fingerprint density at radius 3 is 2.38 bits per heavy atom. The van der Waals surface area contributed by atoms with Gasteiger partial charge in [-0.05, 0) is 26.7 Å². The first kappa shape index (κ1) is 16.0. The van der Waals surface area contributed by atoms with E-state index < -0.39 is 12.5 Å². The van der Waals surface area contributed by atoms with Crippen LogP contribution >= 0.6 is 0 Å². The van der Waals surface area contributed by atoms with Crippen LogP contribution in [0.3, 0.4) is 0 Å². The molecule has 0 aromatic carbocycles. The Morgan fingerprint density at radius 1 is 1.24 bits per heavy atom. The fourth-order valence-electron chi connectivity index (χ4n) is 2.44. The number of nitrogens with two attached hydrogens (primary N) is 1. The third kappa shape index (κ3) is 4.04. The van der Waals surface area contributed by atoms with Gasteiger partial charge in [0.25, 0.3) is 0 Å². The number of ether oxygens (including phenoxy) is 1. The number of halogens is 3.